The Morgan fingerprint density at radius 3 is 2.31 bits per heavy atom. The molecule has 90 valence electrons. The summed E-state index contributed by atoms with van der Waals surface area (Å²) in [5.41, 5.74) is 1.63. The van der Waals surface area contributed by atoms with Gasteiger partial charge in [0.15, 0.2) is 0 Å². The van der Waals surface area contributed by atoms with Gasteiger partial charge in [-0.1, -0.05) is 58.0 Å². The van der Waals surface area contributed by atoms with Crippen molar-refractivity contribution in [3.8, 4) is 0 Å². The lowest BCUT2D eigenvalue weighted by atomic mass is 9.84. The Kier molecular flexibility index (Phi) is 5.01. The van der Waals surface area contributed by atoms with E-state index in [0.29, 0.717) is 0 Å². The molecular formula is C15H25N. The first kappa shape index (κ1) is 13.2. The highest BCUT2D eigenvalue weighted by Crippen LogP contribution is 2.21. The zero-order chi connectivity index (χ0) is 12.0. The van der Waals surface area contributed by atoms with Gasteiger partial charge in [-0.15, -0.1) is 0 Å². The van der Waals surface area contributed by atoms with Crippen molar-refractivity contribution in [1.82, 2.24) is 5.32 Å². The predicted molar refractivity (Wildman–Crippen MR) is 71.8 cm³/mol. The number of hydrogen-bond acceptors (Lipinski definition) is 1. The molecule has 0 saturated carbocycles. The van der Waals surface area contributed by atoms with Crippen LogP contribution in [0.4, 0.5) is 0 Å². The summed E-state index contributed by atoms with van der Waals surface area (Å²) in [5, 5.41) is 3.56. The summed E-state index contributed by atoms with van der Waals surface area (Å²) in [6.07, 6.45) is 1.25. The minimum Gasteiger partial charge on any atom is -0.316 e. The Labute approximate surface area is 100 Å². The third-order valence-corrected chi connectivity index (χ3v) is 3.02. The van der Waals surface area contributed by atoms with Gasteiger partial charge in [-0.2, -0.15) is 0 Å². The minimum atomic E-state index is 0.220. The van der Waals surface area contributed by atoms with E-state index in [4.69, 9.17) is 0 Å². The Morgan fingerprint density at radius 2 is 1.75 bits per heavy atom. The first-order valence-electron chi connectivity index (χ1n) is 6.28. The average Bonchev–Trinajstić information content (AvgIpc) is 2.26. The van der Waals surface area contributed by atoms with Gasteiger partial charge in [0.1, 0.15) is 0 Å². The maximum absolute atomic E-state index is 3.56. The fourth-order valence-corrected chi connectivity index (χ4v) is 1.78. The van der Waals surface area contributed by atoms with Crippen molar-refractivity contribution in [2.24, 2.45) is 5.92 Å². The molecular weight excluding hydrogens is 194 g/mol. The fraction of sp³-hybridized carbons (Fsp3) is 0.600. The lowest BCUT2D eigenvalue weighted by Gasteiger charge is -2.26. The summed E-state index contributed by atoms with van der Waals surface area (Å²) < 4.78 is 0. The summed E-state index contributed by atoms with van der Waals surface area (Å²) in [7, 11) is 0. The van der Waals surface area contributed by atoms with Crippen LogP contribution < -0.4 is 5.32 Å². The maximum Gasteiger partial charge on any atom is 0.00431 e. The van der Waals surface area contributed by atoms with Gasteiger partial charge in [0.05, 0.1) is 0 Å². The molecule has 0 fully saturated rings. The van der Waals surface area contributed by atoms with Crippen LogP contribution in [0.2, 0.25) is 0 Å². The molecule has 0 aromatic heterocycles. The van der Waals surface area contributed by atoms with Crippen molar-refractivity contribution in [2.75, 3.05) is 13.1 Å². The molecule has 1 aromatic rings. The second kappa shape index (κ2) is 6.05. The first-order chi connectivity index (χ1) is 7.52. The lowest BCUT2D eigenvalue weighted by molar-refractivity contribution is 0.447. The second-order valence-corrected chi connectivity index (χ2v) is 5.61. The molecule has 1 aromatic carbocycles. The van der Waals surface area contributed by atoms with Gasteiger partial charge in [-0.05, 0) is 24.4 Å². The molecule has 0 atom stereocenters. The topological polar surface area (TPSA) is 12.0 Å². The fourth-order valence-electron chi connectivity index (χ4n) is 1.78. The third kappa shape index (κ3) is 4.36. The Morgan fingerprint density at radius 1 is 1.12 bits per heavy atom. The van der Waals surface area contributed by atoms with E-state index in [-0.39, 0.29) is 5.41 Å². The molecule has 0 aliphatic rings. The van der Waals surface area contributed by atoms with Crippen molar-refractivity contribution in [3.05, 3.63) is 35.9 Å². The molecule has 0 bridgehead atoms. The van der Waals surface area contributed by atoms with Gasteiger partial charge in [-0.25, -0.2) is 0 Å². The lowest BCUT2D eigenvalue weighted by Crippen LogP contribution is -2.33. The standard InChI is InChI=1S/C15H25N/c1-13(2)10-11-16-12-15(3,4)14-8-6-5-7-9-14/h5-9,13,16H,10-12H2,1-4H3. The van der Waals surface area contributed by atoms with Crippen molar-refractivity contribution in [2.45, 2.75) is 39.5 Å². The van der Waals surface area contributed by atoms with E-state index in [0.717, 1.165) is 19.0 Å². The van der Waals surface area contributed by atoms with Crippen LogP contribution in [0.5, 0.6) is 0 Å². The molecule has 0 amide bonds. The Bertz CT molecular complexity index is 288. The van der Waals surface area contributed by atoms with E-state index in [1.807, 2.05) is 0 Å². The molecule has 0 unspecified atom stereocenters. The first-order valence-corrected chi connectivity index (χ1v) is 6.28. The molecule has 0 heterocycles. The van der Waals surface area contributed by atoms with Crippen LogP contribution in [0.25, 0.3) is 0 Å². The summed E-state index contributed by atoms with van der Waals surface area (Å²) in [6, 6.07) is 10.7. The van der Waals surface area contributed by atoms with Crippen molar-refractivity contribution in [1.29, 1.82) is 0 Å². The predicted octanol–water partition coefficient (Wildman–Crippen LogP) is 3.60. The number of benzene rings is 1. The highest BCUT2D eigenvalue weighted by Gasteiger charge is 2.19. The maximum atomic E-state index is 3.56. The van der Waals surface area contributed by atoms with Gasteiger partial charge in [0, 0.05) is 12.0 Å². The summed E-state index contributed by atoms with van der Waals surface area (Å²) in [5.74, 6) is 0.785. The highest BCUT2D eigenvalue weighted by molar-refractivity contribution is 5.23. The van der Waals surface area contributed by atoms with Crippen LogP contribution in [-0.2, 0) is 5.41 Å². The molecule has 0 saturated heterocycles. The highest BCUT2D eigenvalue weighted by atomic mass is 14.9. The largest absolute Gasteiger partial charge is 0.316 e. The number of hydrogen-bond donors (Lipinski definition) is 1. The van der Waals surface area contributed by atoms with Crippen LogP contribution in [0.3, 0.4) is 0 Å². The van der Waals surface area contributed by atoms with E-state index in [2.05, 4.69) is 63.3 Å². The molecule has 1 nitrogen and oxygen atoms in total. The number of rotatable bonds is 6. The third-order valence-electron chi connectivity index (χ3n) is 3.02. The molecule has 0 aliphatic heterocycles. The van der Waals surface area contributed by atoms with Gasteiger partial charge in [0.2, 0.25) is 0 Å². The van der Waals surface area contributed by atoms with Gasteiger partial charge < -0.3 is 5.32 Å². The van der Waals surface area contributed by atoms with E-state index >= 15 is 0 Å². The van der Waals surface area contributed by atoms with Crippen LogP contribution in [-0.4, -0.2) is 13.1 Å². The van der Waals surface area contributed by atoms with Crippen LogP contribution in [0, 0.1) is 5.92 Å². The molecule has 0 aliphatic carbocycles. The van der Waals surface area contributed by atoms with Crippen LogP contribution in [0.1, 0.15) is 39.7 Å². The van der Waals surface area contributed by atoms with E-state index in [1.54, 1.807) is 0 Å². The molecule has 1 heteroatoms. The quantitative estimate of drug-likeness (QED) is 0.721. The molecule has 16 heavy (non-hydrogen) atoms. The number of nitrogens with one attached hydrogen (secondary N) is 1. The van der Waals surface area contributed by atoms with E-state index < -0.39 is 0 Å². The monoisotopic (exact) mass is 219 g/mol. The van der Waals surface area contributed by atoms with Gasteiger partial charge in [-0.3, -0.25) is 0 Å². The molecule has 1 N–H and O–H groups in total. The average molecular weight is 219 g/mol. The normalized spacial score (nSPS) is 12.1. The van der Waals surface area contributed by atoms with Crippen molar-refractivity contribution in [3.63, 3.8) is 0 Å². The summed E-state index contributed by atoms with van der Waals surface area (Å²) in [6.45, 7) is 11.3. The van der Waals surface area contributed by atoms with Gasteiger partial charge >= 0.3 is 0 Å². The zero-order valence-electron chi connectivity index (χ0n) is 11.1. The van der Waals surface area contributed by atoms with Gasteiger partial charge in [0.25, 0.3) is 0 Å². The van der Waals surface area contributed by atoms with Crippen molar-refractivity contribution >= 4 is 0 Å². The van der Waals surface area contributed by atoms with Crippen molar-refractivity contribution < 1.29 is 0 Å². The molecule has 0 radical (unpaired) electrons. The molecule has 0 spiro atoms. The molecule has 1 rings (SSSR count). The second-order valence-electron chi connectivity index (χ2n) is 5.61. The summed E-state index contributed by atoms with van der Waals surface area (Å²) >= 11 is 0. The minimum absolute atomic E-state index is 0.220. The zero-order valence-corrected chi connectivity index (χ0v) is 11.1. The van der Waals surface area contributed by atoms with Crippen LogP contribution in [0.15, 0.2) is 30.3 Å². The Hall–Kier alpha value is -0.820. The van der Waals surface area contributed by atoms with Crippen LogP contribution >= 0.6 is 0 Å². The smallest absolute Gasteiger partial charge is 0.00431 e. The summed E-state index contributed by atoms with van der Waals surface area (Å²) in [4.78, 5) is 0. The van der Waals surface area contributed by atoms with E-state index in [9.17, 15) is 0 Å². The SMILES string of the molecule is CC(C)CCNCC(C)(C)c1ccccc1. The van der Waals surface area contributed by atoms with E-state index in [1.165, 1.54) is 12.0 Å². The Balaban J connectivity index is 2.40.